The first kappa shape index (κ1) is 12.4. The number of nitrogen functional groups attached to an aromatic ring is 1. The summed E-state index contributed by atoms with van der Waals surface area (Å²) in [7, 11) is 0. The van der Waals surface area contributed by atoms with Gasteiger partial charge in [-0.1, -0.05) is 6.92 Å². The van der Waals surface area contributed by atoms with Crippen molar-refractivity contribution in [3.63, 3.8) is 0 Å². The lowest BCUT2D eigenvalue weighted by Crippen LogP contribution is -2.37. The Morgan fingerprint density at radius 1 is 1.71 bits per heavy atom. The molecule has 0 amide bonds. The van der Waals surface area contributed by atoms with Gasteiger partial charge in [0, 0.05) is 19.5 Å². The summed E-state index contributed by atoms with van der Waals surface area (Å²) >= 11 is 1.44. The first-order valence-electron chi connectivity index (χ1n) is 5.97. The summed E-state index contributed by atoms with van der Waals surface area (Å²) in [6.45, 7) is 3.41. The molecule has 2 rings (SSSR count). The fourth-order valence-corrected chi connectivity index (χ4v) is 3.21. The van der Waals surface area contributed by atoms with Crippen LogP contribution in [0.5, 0.6) is 0 Å². The van der Waals surface area contributed by atoms with Gasteiger partial charge < -0.3 is 15.7 Å². The molecule has 3 N–H and O–H groups in total. The summed E-state index contributed by atoms with van der Waals surface area (Å²) < 4.78 is 0. The van der Waals surface area contributed by atoms with Crippen LogP contribution >= 0.6 is 11.3 Å². The molecule has 2 heterocycles. The molecule has 1 aromatic heterocycles. The number of anilines is 2. The third-order valence-electron chi connectivity index (χ3n) is 3.03. The molecule has 1 unspecified atom stereocenters. The average Bonchev–Trinajstić information content (AvgIpc) is 2.70. The lowest BCUT2D eigenvalue weighted by atomic mass is 10.1. The molecular formula is C12H18N2O2S. The SMILES string of the molecule is CCC(=O)c1sc(N2CCCC(O)C2)cc1N. The molecule has 0 aromatic carbocycles. The zero-order valence-corrected chi connectivity index (χ0v) is 10.8. The average molecular weight is 254 g/mol. The Kier molecular flexibility index (Phi) is 3.69. The first-order valence-corrected chi connectivity index (χ1v) is 6.79. The number of aliphatic hydroxyl groups is 1. The van der Waals surface area contributed by atoms with Gasteiger partial charge in [0.2, 0.25) is 0 Å². The summed E-state index contributed by atoms with van der Waals surface area (Å²) in [5, 5.41) is 10.6. The van der Waals surface area contributed by atoms with E-state index in [4.69, 9.17) is 5.73 Å². The van der Waals surface area contributed by atoms with Gasteiger partial charge in [0.15, 0.2) is 5.78 Å². The van der Waals surface area contributed by atoms with E-state index in [2.05, 4.69) is 4.90 Å². The Balaban J connectivity index is 2.19. The molecule has 17 heavy (non-hydrogen) atoms. The summed E-state index contributed by atoms with van der Waals surface area (Å²) in [4.78, 5) is 14.4. The molecule has 4 nitrogen and oxygen atoms in total. The van der Waals surface area contributed by atoms with Crippen molar-refractivity contribution in [3.8, 4) is 0 Å². The molecule has 0 aliphatic carbocycles. The predicted molar refractivity (Wildman–Crippen MR) is 70.8 cm³/mol. The van der Waals surface area contributed by atoms with E-state index in [-0.39, 0.29) is 11.9 Å². The van der Waals surface area contributed by atoms with Crippen molar-refractivity contribution in [1.82, 2.24) is 0 Å². The number of piperidine rings is 1. The largest absolute Gasteiger partial charge is 0.397 e. The van der Waals surface area contributed by atoms with E-state index < -0.39 is 0 Å². The number of aliphatic hydroxyl groups excluding tert-OH is 1. The first-order chi connectivity index (χ1) is 8.11. The Labute approximate surface area is 105 Å². The van der Waals surface area contributed by atoms with Gasteiger partial charge in [-0.15, -0.1) is 11.3 Å². The maximum atomic E-state index is 11.7. The molecule has 1 aliphatic rings. The fourth-order valence-electron chi connectivity index (χ4n) is 2.08. The highest BCUT2D eigenvalue weighted by atomic mass is 32.1. The summed E-state index contributed by atoms with van der Waals surface area (Å²) in [6, 6.07) is 1.85. The van der Waals surface area contributed by atoms with Crippen LogP contribution < -0.4 is 10.6 Å². The van der Waals surface area contributed by atoms with Crippen LogP contribution in [0.4, 0.5) is 10.7 Å². The predicted octanol–water partition coefficient (Wildman–Crippen LogP) is 1.88. The Hall–Kier alpha value is -1.07. The summed E-state index contributed by atoms with van der Waals surface area (Å²) in [5.74, 6) is 0.0938. The minimum atomic E-state index is -0.266. The molecule has 1 saturated heterocycles. The number of β-amino-alcohol motifs (C(OH)–C–C–N with tert-alkyl or cyclic N) is 1. The summed E-state index contributed by atoms with van der Waals surface area (Å²) in [6.07, 6.45) is 2.05. The zero-order valence-electron chi connectivity index (χ0n) is 9.98. The number of hydrogen-bond acceptors (Lipinski definition) is 5. The van der Waals surface area contributed by atoms with E-state index >= 15 is 0 Å². The van der Waals surface area contributed by atoms with Crippen LogP contribution in [-0.4, -0.2) is 30.1 Å². The Morgan fingerprint density at radius 3 is 3.12 bits per heavy atom. The number of Topliss-reactive ketones (excluding diaryl/α,β-unsaturated/α-hetero) is 1. The van der Waals surface area contributed by atoms with Crippen LogP contribution in [0.25, 0.3) is 0 Å². The van der Waals surface area contributed by atoms with Gasteiger partial charge >= 0.3 is 0 Å². The van der Waals surface area contributed by atoms with Crippen LogP contribution in [-0.2, 0) is 0 Å². The van der Waals surface area contributed by atoms with Crippen LogP contribution in [0.2, 0.25) is 0 Å². The Morgan fingerprint density at radius 2 is 2.47 bits per heavy atom. The molecule has 0 bridgehead atoms. The number of hydrogen-bond donors (Lipinski definition) is 2. The van der Waals surface area contributed by atoms with E-state index in [0.29, 0.717) is 23.5 Å². The highest BCUT2D eigenvalue weighted by Crippen LogP contribution is 2.34. The topological polar surface area (TPSA) is 66.6 Å². The number of nitrogens with zero attached hydrogens (tertiary/aromatic N) is 1. The highest BCUT2D eigenvalue weighted by molar-refractivity contribution is 7.18. The van der Waals surface area contributed by atoms with E-state index in [1.54, 1.807) is 0 Å². The highest BCUT2D eigenvalue weighted by Gasteiger charge is 2.21. The van der Waals surface area contributed by atoms with E-state index in [1.807, 2.05) is 13.0 Å². The summed E-state index contributed by atoms with van der Waals surface area (Å²) in [5.41, 5.74) is 6.43. The van der Waals surface area contributed by atoms with Crippen LogP contribution in [0.1, 0.15) is 35.9 Å². The molecule has 1 fully saturated rings. The van der Waals surface area contributed by atoms with Gasteiger partial charge in [-0.3, -0.25) is 4.79 Å². The van der Waals surface area contributed by atoms with Crippen molar-refractivity contribution in [2.24, 2.45) is 0 Å². The zero-order chi connectivity index (χ0) is 12.4. The van der Waals surface area contributed by atoms with Crippen molar-refractivity contribution in [2.75, 3.05) is 23.7 Å². The third-order valence-corrected chi connectivity index (χ3v) is 4.28. The minimum absolute atomic E-state index is 0.0938. The van der Waals surface area contributed by atoms with Crippen LogP contribution in [0.15, 0.2) is 6.07 Å². The van der Waals surface area contributed by atoms with Crippen molar-refractivity contribution in [2.45, 2.75) is 32.3 Å². The second-order valence-corrected chi connectivity index (χ2v) is 5.42. The number of ketones is 1. The maximum absolute atomic E-state index is 11.7. The van der Waals surface area contributed by atoms with Gasteiger partial charge in [0.25, 0.3) is 0 Å². The Bertz CT molecular complexity index is 417. The van der Waals surface area contributed by atoms with E-state index in [1.165, 1.54) is 11.3 Å². The quantitative estimate of drug-likeness (QED) is 0.808. The second kappa shape index (κ2) is 5.06. The smallest absolute Gasteiger partial charge is 0.174 e. The van der Waals surface area contributed by atoms with Gasteiger partial charge in [-0.05, 0) is 18.9 Å². The van der Waals surface area contributed by atoms with Crippen molar-refractivity contribution in [3.05, 3.63) is 10.9 Å². The van der Waals surface area contributed by atoms with Crippen LogP contribution in [0, 0.1) is 0 Å². The third kappa shape index (κ3) is 2.61. The monoisotopic (exact) mass is 254 g/mol. The molecule has 5 heteroatoms. The number of carbonyl (C=O) groups excluding carboxylic acids is 1. The molecule has 1 atom stereocenters. The molecule has 1 aromatic rings. The van der Waals surface area contributed by atoms with Crippen molar-refractivity contribution in [1.29, 1.82) is 0 Å². The number of carbonyl (C=O) groups is 1. The van der Waals surface area contributed by atoms with Crippen LogP contribution in [0.3, 0.4) is 0 Å². The molecule has 0 saturated carbocycles. The number of thiophene rings is 1. The molecule has 94 valence electrons. The number of rotatable bonds is 3. The van der Waals surface area contributed by atoms with Gasteiger partial charge in [0.05, 0.1) is 21.7 Å². The van der Waals surface area contributed by atoms with E-state index in [9.17, 15) is 9.90 Å². The lowest BCUT2D eigenvalue weighted by Gasteiger charge is -2.30. The molecule has 1 aliphatic heterocycles. The van der Waals surface area contributed by atoms with Gasteiger partial charge in [-0.25, -0.2) is 0 Å². The maximum Gasteiger partial charge on any atom is 0.174 e. The van der Waals surface area contributed by atoms with Gasteiger partial charge in [-0.2, -0.15) is 0 Å². The van der Waals surface area contributed by atoms with Gasteiger partial charge in [0.1, 0.15) is 0 Å². The molecule has 0 spiro atoms. The number of nitrogens with two attached hydrogens (primary N) is 1. The second-order valence-electron chi connectivity index (χ2n) is 4.39. The molecule has 0 radical (unpaired) electrons. The standard InChI is InChI=1S/C12H18N2O2S/c1-2-10(16)12-9(13)6-11(17-12)14-5-3-4-8(15)7-14/h6,8,15H,2-5,7,13H2,1H3. The fraction of sp³-hybridized carbons (Fsp3) is 0.583. The normalized spacial score (nSPS) is 20.6. The lowest BCUT2D eigenvalue weighted by molar-refractivity contribution is 0.0993. The minimum Gasteiger partial charge on any atom is -0.397 e. The molecular weight excluding hydrogens is 236 g/mol. The van der Waals surface area contributed by atoms with Crippen molar-refractivity contribution >= 4 is 27.8 Å². The van der Waals surface area contributed by atoms with E-state index in [0.717, 1.165) is 24.4 Å². The van der Waals surface area contributed by atoms with Crippen molar-refractivity contribution < 1.29 is 9.90 Å².